The van der Waals surface area contributed by atoms with Crippen molar-refractivity contribution in [1.29, 1.82) is 0 Å². The fourth-order valence-electron chi connectivity index (χ4n) is 2.61. The van der Waals surface area contributed by atoms with Gasteiger partial charge in [0.1, 0.15) is 0 Å². The van der Waals surface area contributed by atoms with Crippen molar-refractivity contribution >= 4 is 10.2 Å². The second kappa shape index (κ2) is 7.52. The quantitative estimate of drug-likeness (QED) is 0.854. The molecule has 1 aliphatic heterocycles. The van der Waals surface area contributed by atoms with E-state index in [1.54, 1.807) is 7.11 Å². The van der Waals surface area contributed by atoms with Crippen LogP contribution in [0.3, 0.4) is 0 Å². The molecule has 124 valence electrons. The first-order valence-corrected chi connectivity index (χ1v) is 8.82. The molecule has 1 aromatic carbocycles. The highest BCUT2D eigenvalue weighted by atomic mass is 32.2. The van der Waals surface area contributed by atoms with Gasteiger partial charge in [-0.3, -0.25) is 0 Å². The molecule has 0 bridgehead atoms. The summed E-state index contributed by atoms with van der Waals surface area (Å²) in [6.45, 7) is 5.22. The van der Waals surface area contributed by atoms with Gasteiger partial charge < -0.3 is 9.47 Å². The molecule has 0 saturated carbocycles. The van der Waals surface area contributed by atoms with Gasteiger partial charge in [-0.25, -0.2) is 0 Å². The van der Waals surface area contributed by atoms with Gasteiger partial charge >= 0.3 is 0 Å². The molecule has 0 amide bonds. The third-order valence-corrected chi connectivity index (χ3v) is 5.08. The Hall–Kier alpha value is -0.990. The van der Waals surface area contributed by atoms with E-state index >= 15 is 0 Å². The van der Waals surface area contributed by atoms with Crippen molar-refractivity contribution in [2.75, 3.05) is 20.2 Å². The molecule has 7 heteroatoms. The Morgan fingerprint density at radius 3 is 2.41 bits per heavy atom. The van der Waals surface area contributed by atoms with Crippen LogP contribution in [0.1, 0.15) is 25.0 Å². The van der Waals surface area contributed by atoms with Crippen LogP contribution in [0.15, 0.2) is 24.3 Å². The van der Waals surface area contributed by atoms with Crippen LogP contribution >= 0.6 is 0 Å². The van der Waals surface area contributed by atoms with E-state index in [4.69, 9.17) is 9.47 Å². The molecule has 1 heterocycles. The zero-order valence-electron chi connectivity index (χ0n) is 13.3. The second-order valence-electron chi connectivity index (χ2n) is 5.60. The Bertz CT molecular complexity index is 581. The van der Waals surface area contributed by atoms with Gasteiger partial charge in [0, 0.05) is 26.7 Å². The Balaban J connectivity index is 2.04. The largest absolute Gasteiger partial charge is 0.380 e. The summed E-state index contributed by atoms with van der Waals surface area (Å²) >= 11 is 0. The summed E-state index contributed by atoms with van der Waals surface area (Å²) in [5.74, 6) is 0. The fraction of sp³-hybridized carbons (Fsp3) is 0.600. The number of hydrogen-bond acceptors (Lipinski definition) is 4. The molecule has 2 atom stereocenters. The number of ether oxygens (including phenoxy) is 2. The lowest BCUT2D eigenvalue weighted by Gasteiger charge is -2.34. The normalized spacial score (nSPS) is 23.6. The van der Waals surface area contributed by atoms with E-state index in [2.05, 4.69) is 4.72 Å². The molecule has 1 aromatic rings. The topological polar surface area (TPSA) is 67.9 Å². The van der Waals surface area contributed by atoms with E-state index in [-0.39, 0.29) is 18.8 Å². The summed E-state index contributed by atoms with van der Waals surface area (Å²) in [6.07, 6.45) is -0.192. The van der Waals surface area contributed by atoms with Crippen LogP contribution in [0.25, 0.3) is 0 Å². The predicted octanol–water partition coefficient (Wildman–Crippen LogP) is 1.28. The van der Waals surface area contributed by atoms with Crippen LogP contribution in [0.2, 0.25) is 0 Å². The van der Waals surface area contributed by atoms with Crippen LogP contribution in [0.4, 0.5) is 0 Å². The van der Waals surface area contributed by atoms with E-state index in [0.717, 1.165) is 11.1 Å². The molecule has 22 heavy (non-hydrogen) atoms. The molecular formula is C15H24N2O4S. The van der Waals surface area contributed by atoms with E-state index < -0.39 is 10.2 Å². The van der Waals surface area contributed by atoms with Crippen molar-refractivity contribution in [2.45, 2.75) is 39.2 Å². The van der Waals surface area contributed by atoms with Gasteiger partial charge in [-0.15, -0.1) is 0 Å². The summed E-state index contributed by atoms with van der Waals surface area (Å²) in [4.78, 5) is 0. The Morgan fingerprint density at radius 2 is 1.82 bits per heavy atom. The second-order valence-corrected chi connectivity index (χ2v) is 7.36. The zero-order chi connectivity index (χ0) is 16.2. The SMILES string of the molecule is COCc1ccccc1CNS(=O)(=O)N1C[C@H](C)O[C@@H](C)C1. The van der Waals surface area contributed by atoms with Crippen molar-refractivity contribution in [1.82, 2.24) is 9.03 Å². The lowest BCUT2D eigenvalue weighted by atomic mass is 10.1. The van der Waals surface area contributed by atoms with E-state index in [1.165, 1.54) is 4.31 Å². The van der Waals surface area contributed by atoms with Gasteiger partial charge in [0.2, 0.25) is 0 Å². The number of morpholine rings is 1. The van der Waals surface area contributed by atoms with Crippen LogP contribution in [0, 0.1) is 0 Å². The van der Waals surface area contributed by atoms with Crippen LogP contribution in [-0.4, -0.2) is 45.1 Å². The lowest BCUT2D eigenvalue weighted by molar-refractivity contribution is -0.0444. The molecule has 0 unspecified atom stereocenters. The maximum atomic E-state index is 12.4. The summed E-state index contributed by atoms with van der Waals surface area (Å²) in [6, 6.07) is 7.65. The third-order valence-electron chi connectivity index (χ3n) is 3.59. The van der Waals surface area contributed by atoms with Crippen molar-refractivity contribution in [3.8, 4) is 0 Å². The molecular weight excluding hydrogens is 304 g/mol. The highest BCUT2D eigenvalue weighted by Gasteiger charge is 2.30. The summed E-state index contributed by atoms with van der Waals surface area (Å²) < 4.78 is 39.7. The predicted molar refractivity (Wildman–Crippen MR) is 84.5 cm³/mol. The van der Waals surface area contributed by atoms with Crippen molar-refractivity contribution in [3.63, 3.8) is 0 Å². The highest BCUT2D eigenvalue weighted by Crippen LogP contribution is 2.15. The summed E-state index contributed by atoms with van der Waals surface area (Å²) in [5, 5.41) is 0. The fourth-order valence-corrected chi connectivity index (χ4v) is 3.95. The standard InChI is InChI=1S/C15H24N2O4S/c1-12-9-17(10-13(2)21-12)22(18,19)16-8-14-6-4-5-7-15(14)11-20-3/h4-7,12-13,16H,8-11H2,1-3H3/t12-,13-/m0/s1. The first kappa shape index (κ1) is 17.4. The summed E-state index contributed by atoms with van der Waals surface area (Å²) in [7, 11) is -1.89. The zero-order valence-corrected chi connectivity index (χ0v) is 14.1. The molecule has 1 saturated heterocycles. The first-order chi connectivity index (χ1) is 10.4. The Kier molecular flexibility index (Phi) is 5.94. The number of nitrogens with one attached hydrogen (secondary N) is 1. The first-order valence-electron chi connectivity index (χ1n) is 7.38. The van der Waals surface area contributed by atoms with Crippen molar-refractivity contribution in [2.24, 2.45) is 0 Å². The number of benzene rings is 1. The average molecular weight is 328 g/mol. The highest BCUT2D eigenvalue weighted by molar-refractivity contribution is 7.87. The minimum atomic E-state index is -3.52. The van der Waals surface area contributed by atoms with Crippen molar-refractivity contribution < 1.29 is 17.9 Å². The molecule has 1 aliphatic rings. The molecule has 0 aromatic heterocycles. The van der Waals surface area contributed by atoms with Gasteiger partial charge in [-0.2, -0.15) is 17.4 Å². The maximum Gasteiger partial charge on any atom is 0.279 e. The Labute approximate surface area is 132 Å². The van der Waals surface area contributed by atoms with Gasteiger partial charge in [0.15, 0.2) is 0 Å². The Morgan fingerprint density at radius 1 is 1.23 bits per heavy atom. The molecule has 0 aliphatic carbocycles. The van der Waals surface area contributed by atoms with Crippen LogP contribution in [0.5, 0.6) is 0 Å². The number of hydrogen-bond donors (Lipinski definition) is 1. The molecule has 1 N–H and O–H groups in total. The van der Waals surface area contributed by atoms with E-state index in [0.29, 0.717) is 19.7 Å². The monoisotopic (exact) mass is 328 g/mol. The van der Waals surface area contributed by atoms with Crippen LogP contribution < -0.4 is 4.72 Å². The maximum absolute atomic E-state index is 12.4. The smallest absolute Gasteiger partial charge is 0.279 e. The van der Waals surface area contributed by atoms with Crippen molar-refractivity contribution in [3.05, 3.63) is 35.4 Å². The van der Waals surface area contributed by atoms with Gasteiger partial charge in [0.25, 0.3) is 10.2 Å². The van der Waals surface area contributed by atoms with Gasteiger partial charge in [-0.05, 0) is 25.0 Å². The minimum Gasteiger partial charge on any atom is -0.380 e. The minimum absolute atomic E-state index is 0.0962. The third kappa shape index (κ3) is 4.50. The number of rotatable bonds is 6. The van der Waals surface area contributed by atoms with E-state index in [1.807, 2.05) is 38.1 Å². The van der Waals surface area contributed by atoms with E-state index in [9.17, 15) is 8.42 Å². The average Bonchev–Trinajstić information content (AvgIpc) is 2.46. The lowest BCUT2D eigenvalue weighted by Crippen LogP contribution is -2.51. The number of nitrogens with zero attached hydrogens (tertiary/aromatic N) is 1. The molecule has 6 nitrogen and oxygen atoms in total. The molecule has 2 rings (SSSR count). The van der Waals surface area contributed by atoms with Gasteiger partial charge in [-0.1, -0.05) is 24.3 Å². The summed E-state index contributed by atoms with van der Waals surface area (Å²) in [5.41, 5.74) is 1.90. The van der Waals surface area contributed by atoms with Crippen LogP contribution in [-0.2, 0) is 32.8 Å². The van der Waals surface area contributed by atoms with Gasteiger partial charge in [0.05, 0.1) is 18.8 Å². The molecule has 0 radical (unpaired) electrons. The molecule has 1 fully saturated rings. The molecule has 0 spiro atoms. The number of methoxy groups -OCH3 is 1.